The third kappa shape index (κ3) is 6.51. The lowest BCUT2D eigenvalue weighted by molar-refractivity contribution is -0.137. The third-order valence-corrected chi connectivity index (χ3v) is 7.04. The Morgan fingerprint density at radius 1 is 0.950 bits per heavy atom. The number of hydrogen-bond acceptors (Lipinski definition) is 6. The summed E-state index contributed by atoms with van der Waals surface area (Å²) in [4.78, 5) is 30.7. The molecule has 3 aromatic carbocycles. The van der Waals surface area contributed by atoms with Crippen LogP contribution >= 0.6 is 0 Å². The molecule has 2 heterocycles. The van der Waals surface area contributed by atoms with Crippen LogP contribution in [0.4, 0.5) is 0 Å². The van der Waals surface area contributed by atoms with Crippen LogP contribution in [0, 0.1) is 6.92 Å². The fourth-order valence-corrected chi connectivity index (χ4v) is 4.91. The van der Waals surface area contributed by atoms with Gasteiger partial charge in [0.1, 0.15) is 17.3 Å². The topological polar surface area (TPSA) is 102 Å². The Labute approximate surface area is 233 Å². The van der Waals surface area contributed by atoms with Crippen molar-refractivity contribution in [2.24, 2.45) is 0 Å². The molecule has 8 nitrogen and oxygen atoms in total. The van der Waals surface area contributed by atoms with Gasteiger partial charge in [-0.15, -0.1) is 0 Å². The Bertz CT molecular complexity index is 1470. The van der Waals surface area contributed by atoms with E-state index in [9.17, 15) is 14.7 Å². The molecular weight excluding hydrogens is 508 g/mol. The number of aromatic nitrogens is 1. The fraction of sp³-hybridized carbons (Fsp3) is 0.281. The van der Waals surface area contributed by atoms with Crippen molar-refractivity contribution in [3.63, 3.8) is 0 Å². The molecule has 4 aromatic rings. The van der Waals surface area contributed by atoms with Crippen molar-refractivity contribution in [3.8, 4) is 23.0 Å². The molecule has 0 radical (unpaired) electrons. The molecule has 40 heavy (non-hydrogen) atoms. The zero-order chi connectivity index (χ0) is 27.9. The van der Waals surface area contributed by atoms with Crippen LogP contribution in [-0.2, 0) is 35.4 Å². The highest BCUT2D eigenvalue weighted by Gasteiger charge is 2.26. The van der Waals surface area contributed by atoms with Crippen LogP contribution in [0.3, 0.4) is 0 Å². The summed E-state index contributed by atoms with van der Waals surface area (Å²) in [7, 11) is 0. The number of fused-ring (bicyclic) bond motifs is 1. The molecule has 0 bridgehead atoms. The Morgan fingerprint density at radius 3 is 2.45 bits per heavy atom. The Kier molecular flexibility index (Phi) is 8.44. The third-order valence-electron chi connectivity index (χ3n) is 7.04. The number of para-hydroxylation sites is 1. The molecule has 1 amide bonds. The van der Waals surface area contributed by atoms with E-state index >= 15 is 0 Å². The molecule has 0 unspecified atom stereocenters. The molecule has 206 valence electrons. The first-order valence-corrected chi connectivity index (χ1v) is 13.4. The number of aryl methyl sites for hydroxylation is 2. The molecule has 1 aliphatic heterocycles. The maximum Gasteiger partial charge on any atom is 0.303 e. The first-order chi connectivity index (χ1) is 19.5. The van der Waals surface area contributed by atoms with Gasteiger partial charge >= 0.3 is 5.97 Å². The van der Waals surface area contributed by atoms with E-state index in [4.69, 9.17) is 13.9 Å². The molecule has 0 spiro atoms. The highest BCUT2D eigenvalue weighted by atomic mass is 16.5. The summed E-state index contributed by atoms with van der Waals surface area (Å²) in [5.41, 5.74) is 4.68. The summed E-state index contributed by atoms with van der Waals surface area (Å²) >= 11 is 0. The van der Waals surface area contributed by atoms with Crippen molar-refractivity contribution in [1.29, 1.82) is 0 Å². The number of amides is 1. The lowest BCUT2D eigenvalue weighted by Gasteiger charge is -2.31. The number of nitrogens with zero attached hydrogens (tertiary/aromatic N) is 2. The lowest BCUT2D eigenvalue weighted by atomic mass is 9.91. The predicted octanol–water partition coefficient (Wildman–Crippen LogP) is 5.25. The molecule has 0 atom stereocenters. The average Bonchev–Trinajstić information content (AvgIpc) is 3.36. The van der Waals surface area contributed by atoms with Crippen LogP contribution in [0.1, 0.15) is 34.6 Å². The Balaban J connectivity index is 1.27. The van der Waals surface area contributed by atoms with Crippen LogP contribution in [0.15, 0.2) is 77.2 Å². The number of aliphatic carboxylic acids is 1. The number of carboxylic acid groups (broad SMARTS) is 1. The van der Waals surface area contributed by atoms with Gasteiger partial charge in [0.2, 0.25) is 5.89 Å². The summed E-state index contributed by atoms with van der Waals surface area (Å²) in [5.74, 6) is 1.79. The maximum atomic E-state index is 13.0. The van der Waals surface area contributed by atoms with E-state index in [2.05, 4.69) is 4.98 Å². The van der Waals surface area contributed by atoms with Crippen LogP contribution < -0.4 is 9.47 Å². The number of carbonyl (C=O) groups is 2. The van der Waals surface area contributed by atoms with Gasteiger partial charge in [-0.05, 0) is 61.2 Å². The summed E-state index contributed by atoms with van der Waals surface area (Å²) in [6, 6.07) is 22.9. The molecule has 0 saturated heterocycles. The van der Waals surface area contributed by atoms with Crippen LogP contribution in [0.5, 0.6) is 11.5 Å². The molecular formula is C32H32N2O6. The highest BCUT2D eigenvalue weighted by molar-refractivity contribution is 5.78. The highest BCUT2D eigenvalue weighted by Crippen LogP contribution is 2.32. The lowest BCUT2D eigenvalue weighted by Crippen LogP contribution is -2.39. The quantitative estimate of drug-likeness (QED) is 0.277. The second kappa shape index (κ2) is 12.5. The van der Waals surface area contributed by atoms with E-state index in [1.165, 1.54) is 0 Å². The molecule has 1 aliphatic rings. The smallest absolute Gasteiger partial charge is 0.303 e. The van der Waals surface area contributed by atoms with E-state index < -0.39 is 5.97 Å². The van der Waals surface area contributed by atoms with E-state index in [0.29, 0.717) is 50.6 Å². The summed E-state index contributed by atoms with van der Waals surface area (Å²) in [6.45, 7) is 3.19. The van der Waals surface area contributed by atoms with E-state index in [0.717, 1.165) is 39.5 Å². The number of carbonyl (C=O) groups excluding carboxylic acids is 1. The van der Waals surface area contributed by atoms with Gasteiger partial charge in [0.15, 0.2) is 6.61 Å². The van der Waals surface area contributed by atoms with Crippen LogP contribution in [-0.4, -0.2) is 46.6 Å². The number of rotatable bonds is 11. The fourth-order valence-electron chi connectivity index (χ4n) is 4.91. The minimum absolute atomic E-state index is 0.0207. The number of carboxylic acids is 1. The van der Waals surface area contributed by atoms with Gasteiger partial charge in [-0.2, -0.15) is 0 Å². The first kappa shape index (κ1) is 27.0. The van der Waals surface area contributed by atoms with Crippen molar-refractivity contribution >= 4 is 11.9 Å². The molecule has 0 aliphatic carbocycles. The summed E-state index contributed by atoms with van der Waals surface area (Å²) < 4.78 is 17.8. The van der Waals surface area contributed by atoms with Crippen molar-refractivity contribution < 1.29 is 28.6 Å². The molecule has 0 saturated carbocycles. The maximum absolute atomic E-state index is 13.0. The van der Waals surface area contributed by atoms with Gasteiger partial charge in [-0.1, -0.05) is 42.5 Å². The van der Waals surface area contributed by atoms with Crippen LogP contribution in [0.2, 0.25) is 0 Å². The summed E-state index contributed by atoms with van der Waals surface area (Å²) in [6.07, 6.45) is 1.61. The van der Waals surface area contributed by atoms with E-state index in [1.54, 1.807) is 4.90 Å². The summed E-state index contributed by atoms with van der Waals surface area (Å²) in [5, 5.41) is 9.25. The van der Waals surface area contributed by atoms with Crippen molar-refractivity contribution in [3.05, 3.63) is 101 Å². The second-order valence-corrected chi connectivity index (χ2v) is 9.73. The zero-order valence-corrected chi connectivity index (χ0v) is 22.5. The molecule has 5 rings (SSSR count). The predicted molar refractivity (Wildman–Crippen MR) is 149 cm³/mol. The second-order valence-electron chi connectivity index (χ2n) is 9.73. The average molecular weight is 541 g/mol. The Hall–Kier alpha value is -4.59. The molecule has 1 N–H and O–H groups in total. The van der Waals surface area contributed by atoms with Crippen molar-refractivity contribution in [2.75, 3.05) is 19.8 Å². The van der Waals surface area contributed by atoms with Crippen LogP contribution in [0.25, 0.3) is 11.5 Å². The van der Waals surface area contributed by atoms with E-state index in [1.807, 2.05) is 79.7 Å². The Morgan fingerprint density at radius 2 is 1.70 bits per heavy atom. The minimum Gasteiger partial charge on any atom is -0.493 e. The zero-order valence-electron chi connectivity index (χ0n) is 22.5. The molecule has 0 fully saturated rings. The van der Waals surface area contributed by atoms with Gasteiger partial charge in [-0.25, -0.2) is 4.98 Å². The van der Waals surface area contributed by atoms with Gasteiger partial charge < -0.3 is 23.9 Å². The monoisotopic (exact) mass is 540 g/mol. The number of ether oxygens (including phenoxy) is 2. The van der Waals surface area contributed by atoms with Gasteiger partial charge in [-0.3, -0.25) is 9.59 Å². The van der Waals surface area contributed by atoms with Gasteiger partial charge in [0, 0.05) is 37.1 Å². The van der Waals surface area contributed by atoms with Crippen molar-refractivity contribution in [1.82, 2.24) is 9.88 Å². The number of hydrogen-bond donors (Lipinski definition) is 1. The van der Waals surface area contributed by atoms with E-state index in [-0.39, 0.29) is 18.9 Å². The molecule has 1 aromatic heterocycles. The van der Waals surface area contributed by atoms with Gasteiger partial charge in [0.05, 0.1) is 12.3 Å². The number of oxazole rings is 1. The largest absolute Gasteiger partial charge is 0.493 e. The van der Waals surface area contributed by atoms with Gasteiger partial charge in [0.25, 0.3) is 5.91 Å². The SMILES string of the molecule is Cc1oc(-c2ccccc2)nc1CCOc1ccc(CCC(=O)O)c2c1CCN(C(=O)COc1ccccc1)C2. The number of benzene rings is 3. The minimum atomic E-state index is -0.855. The normalized spacial score (nSPS) is 12.6. The molecule has 8 heteroatoms. The van der Waals surface area contributed by atoms with Crippen molar-refractivity contribution in [2.45, 2.75) is 39.2 Å². The first-order valence-electron chi connectivity index (χ1n) is 13.4. The standard InChI is InChI=1S/C32H32N2O6/c1-22-28(33-32(40-22)24-8-4-2-5-9-24)17-19-38-29-14-12-23(13-15-31(36)37)27-20-34(18-16-26(27)29)30(35)21-39-25-10-6-3-7-11-25/h2-12,14H,13,15-21H2,1H3,(H,36,37).